The van der Waals surface area contributed by atoms with Crippen LogP contribution < -0.4 is 0 Å². The first-order valence-electron chi connectivity index (χ1n) is 7.63. The van der Waals surface area contributed by atoms with Crippen LogP contribution in [-0.2, 0) is 0 Å². The summed E-state index contributed by atoms with van der Waals surface area (Å²) in [4.78, 5) is 12.5. The number of hydrogen-bond donors (Lipinski definition) is 2. The summed E-state index contributed by atoms with van der Waals surface area (Å²) in [6.07, 6.45) is 3.57. The lowest BCUT2D eigenvalue weighted by Crippen LogP contribution is -2.09. The maximum Gasteiger partial charge on any atom is 0.187 e. The van der Waals surface area contributed by atoms with Crippen LogP contribution in [0.25, 0.3) is 22.4 Å². The Morgan fingerprint density at radius 3 is 2.26 bits per heavy atom. The van der Waals surface area contributed by atoms with Gasteiger partial charge in [-0.2, -0.15) is 0 Å². The lowest BCUT2D eigenvalue weighted by molar-refractivity contribution is 0.104. The molecule has 0 aliphatic heterocycles. The summed E-state index contributed by atoms with van der Waals surface area (Å²) >= 11 is 0. The molecule has 0 spiro atoms. The summed E-state index contributed by atoms with van der Waals surface area (Å²) in [6, 6.07) is 1.98. The van der Waals surface area contributed by atoms with Crippen molar-refractivity contribution in [1.29, 1.82) is 0 Å². The molecule has 3 rings (SSSR count). The molecule has 3 heteroatoms. The molecule has 118 valence electrons. The number of phenols is 2. The van der Waals surface area contributed by atoms with Gasteiger partial charge in [-0.15, -0.1) is 0 Å². The predicted octanol–water partition coefficient (Wildman–Crippen LogP) is 4.89. The highest BCUT2D eigenvalue weighted by Gasteiger charge is 2.28. The zero-order chi connectivity index (χ0) is 17.0. The van der Waals surface area contributed by atoms with Gasteiger partial charge in [0.25, 0.3) is 0 Å². The summed E-state index contributed by atoms with van der Waals surface area (Å²) in [6.45, 7) is 9.48. The van der Waals surface area contributed by atoms with E-state index in [2.05, 4.69) is 0 Å². The fraction of sp³-hybridized carbons (Fsp3) is 0.250. The second kappa shape index (κ2) is 4.98. The Labute approximate surface area is 135 Å². The zero-order valence-electron chi connectivity index (χ0n) is 14.0. The maximum absolute atomic E-state index is 12.5. The van der Waals surface area contributed by atoms with E-state index in [1.165, 1.54) is 6.08 Å². The zero-order valence-corrected chi connectivity index (χ0v) is 14.0. The Morgan fingerprint density at radius 2 is 1.65 bits per heavy atom. The Kier molecular flexibility index (Phi) is 3.33. The summed E-state index contributed by atoms with van der Waals surface area (Å²) in [5.74, 6) is -0.315. The fourth-order valence-corrected chi connectivity index (χ4v) is 3.50. The number of allylic oxidation sites excluding steroid dienone is 3. The number of phenolic OH excluding ortho intramolecular Hbond substituents is 2. The van der Waals surface area contributed by atoms with Crippen molar-refractivity contribution in [2.45, 2.75) is 34.6 Å². The summed E-state index contributed by atoms with van der Waals surface area (Å²) < 4.78 is 0. The average Bonchev–Trinajstić information content (AvgIpc) is 2.43. The molecule has 0 heterocycles. The van der Waals surface area contributed by atoms with E-state index in [9.17, 15) is 15.0 Å². The van der Waals surface area contributed by atoms with Crippen LogP contribution in [0.3, 0.4) is 0 Å². The second-order valence-electron chi connectivity index (χ2n) is 6.52. The Bertz CT molecular complexity index is 940. The van der Waals surface area contributed by atoms with Gasteiger partial charge >= 0.3 is 0 Å². The number of ketones is 1. The Morgan fingerprint density at radius 1 is 1.00 bits per heavy atom. The standard InChI is InChI=1S/C20H20O3/c1-9(2)6-13-7-10(3)15-14(21)8-11(4)16-18(15)17(13)12(5)19(22)20(16)23/h6-8,22-23H,1-5H3. The smallest absolute Gasteiger partial charge is 0.187 e. The third-order valence-electron chi connectivity index (χ3n) is 4.43. The average molecular weight is 308 g/mol. The number of benzene rings is 2. The highest BCUT2D eigenvalue weighted by Crippen LogP contribution is 2.48. The molecule has 0 aromatic heterocycles. The third-order valence-corrected chi connectivity index (χ3v) is 4.43. The number of carbonyl (C=O) groups is 1. The van der Waals surface area contributed by atoms with E-state index in [1.54, 1.807) is 13.8 Å². The van der Waals surface area contributed by atoms with E-state index in [4.69, 9.17) is 0 Å². The molecule has 0 unspecified atom stereocenters. The van der Waals surface area contributed by atoms with Crippen molar-refractivity contribution in [3.8, 4) is 11.5 Å². The van der Waals surface area contributed by atoms with Crippen LogP contribution in [0, 0.1) is 13.8 Å². The van der Waals surface area contributed by atoms with Crippen molar-refractivity contribution in [2.24, 2.45) is 0 Å². The van der Waals surface area contributed by atoms with Gasteiger partial charge in [0, 0.05) is 22.1 Å². The molecule has 2 aromatic rings. The van der Waals surface area contributed by atoms with E-state index < -0.39 is 0 Å². The molecule has 0 saturated heterocycles. The van der Waals surface area contributed by atoms with Gasteiger partial charge in [0.1, 0.15) is 0 Å². The molecule has 1 aliphatic rings. The molecule has 1 aliphatic carbocycles. The van der Waals surface area contributed by atoms with E-state index in [0.717, 1.165) is 27.5 Å². The number of rotatable bonds is 1. The van der Waals surface area contributed by atoms with Crippen LogP contribution in [-0.4, -0.2) is 16.0 Å². The van der Waals surface area contributed by atoms with Crippen molar-refractivity contribution in [3.05, 3.63) is 45.5 Å². The van der Waals surface area contributed by atoms with E-state index in [0.29, 0.717) is 22.3 Å². The van der Waals surface area contributed by atoms with Gasteiger partial charge in [-0.3, -0.25) is 4.79 Å². The second-order valence-corrected chi connectivity index (χ2v) is 6.52. The minimum absolute atomic E-state index is 0.0502. The maximum atomic E-state index is 12.5. The van der Waals surface area contributed by atoms with Crippen molar-refractivity contribution in [1.82, 2.24) is 0 Å². The molecule has 0 bridgehead atoms. The van der Waals surface area contributed by atoms with Crippen LogP contribution in [0.15, 0.2) is 17.7 Å². The highest BCUT2D eigenvalue weighted by molar-refractivity contribution is 6.25. The van der Waals surface area contributed by atoms with Crippen molar-refractivity contribution < 1.29 is 15.0 Å². The number of hydrogen-bond acceptors (Lipinski definition) is 3. The van der Waals surface area contributed by atoms with Crippen LogP contribution in [0.5, 0.6) is 11.5 Å². The number of carbonyl (C=O) groups excluding carboxylic acids is 1. The van der Waals surface area contributed by atoms with Crippen molar-refractivity contribution in [3.63, 3.8) is 0 Å². The predicted molar refractivity (Wildman–Crippen MR) is 94.1 cm³/mol. The molecule has 2 aromatic carbocycles. The van der Waals surface area contributed by atoms with Crippen molar-refractivity contribution in [2.75, 3.05) is 0 Å². The Balaban J connectivity index is 2.68. The minimum Gasteiger partial charge on any atom is -0.504 e. The van der Waals surface area contributed by atoms with Crippen LogP contribution in [0.1, 0.15) is 53.4 Å². The SMILES string of the molecule is CC(C)=Cc1cc(C)c2c3c(c(O)c(O)c(C)c13)C(C)=CC2=O. The van der Waals surface area contributed by atoms with Gasteiger partial charge in [-0.1, -0.05) is 17.7 Å². The van der Waals surface area contributed by atoms with Gasteiger partial charge in [0.05, 0.1) is 0 Å². The lowest BCUT2D eigenvalue weighted by Gasteiger charge is -2.23. The van der Waals surface area contributed by atoms with Gasteiger partial charge in [0.2, 0.25) is 0 Å². The van der Waals surface area contributed by atoms with E-state index in [1.807, 2.05) is 32.9 Å². The first kappa shape index (κ1) is 15.3. The van der Waals surface area contributed by atoms with Crippen LogP contribution in [0.4, 0.5) is 0 Å². The quantitative estimate of drug-likeness (QED) is 0.737. The monoisotopic (exact) mass is 308 g/mol. The molecule has 2 N–H and O–H groups in total. The van der Waals surface area contributed by atoms with Gasteiger partial charge < -0.3 is 10.2 Å². The third kappa shape index (κ3) is 2.07. The summed E-state index contributed by atoms with van der Waals surface area (Å²) in [5.41, 5.74) is 5.41. The van der Waals surface area contributed by atoms with Crippen molar-refractivity contribution >= 4 is 28.2 Å². The highest BCUT2D eigenvalue weighted by atomic mass is 16.3. The lowest BCUT2D eigenvalue weighted by atomic mass is 9.81. The largest absolute Gasteiger partial charge is 0.504 e. The topological polar surface area (TPSA) is 57.5 Å². The normalized spacial score (nSPS) is 13.3. The Hall–Kier alpha value is -2.55. The van der Waals surface area contributed by atoms with Gasteiger partial charge in [-0.25, -0.2) is 0 Å². The molecule has 0 saturated carbocycles. The van der Waals surface area contributed by atoms with E-state index in [-0.39, 0.29) is 17.3 Å². The van der Waals surface area contributed by atoms with Gasteiger partial charge in [-0.05, 0) is 62.8 Å². The first-order valence-corrected chi connectivity index (χ1v) is 7.63. The molecule has 0 amide bonds. The fourth-order valence-electron chi connectivity index (χ4n) is 3.50. The summed E-state index contributed by atoms with van der Waals surface area (Å²) in [5, 5.41) is 22.4. The molecule has 0 radical (unpaired) electrons. The van der Waals surface area contributed by atoms with E-state index >= 15 is 0 Å². The molecular formula is C20H20O3. The van der Waals surface area contributed by atoms with Crippen LogP contribution >= 0.6 is 0 Å². The van der Waals surface area contributed by atoms with Gasteiger partial charge in [0.15, 0.2) is 17.3 Å². The minimum atomic E-state index is -0.147. The number of aromatic hydroxyl groups is 2. The summed E-state index contributed by atoms with van der Waals surface area (Å²) in [7, 11) is 0. The molecule has 0 atom stereocenters. The number of aryl methyl sites for hydroxylation is 2. The molecule has 23 heavy (non-hydrogen) atoms. The molecule has 0 fully saturated rings. The van der Waals surface area contributed by atoms with Crippen LogP contribution in [0.2, 0.25) is 0 Å². The molecular weight excluding hydrogens is 288 g/mol. The molecule has 3 nitrogen and oxygen atoms in total. The first-order chi connectivity index (χ1) is 10.7.